The molecule has 30 heavy (non-hydrogen) atoms. The lowest BCUT2D eigenvalue weighted by molar-refractivity contribution is -0.116. The van der Waals surface area contributed by atoms with Crippen molar-refractivity contribution in [3.05, 3.63) is 41.4 Å². The summed E-state index contributed by atoms with van der Waals surface area (Å²) in [6, 6.07) is 5.82. The zero-order valence-electron chi connectivity index (χ0n) is 17.4. The van der Waals surface area contributed by atoms with E-state index in [1.165, 1.54) is 0 Å². The lowest BCUT2D eigenvalue weighted by Crippen LogP contribution is -2.27. The molecule has 0 aliphatic carbocycles. The van der Waals surface area contributed by atoms with Gasteiger partial charge in [-0.05, 0) is 46.5 Å². The lowest BCUT2D eigenvalue weighted by atomic mass is 10.1. The second-order valence-electron chi connectivity index (χ2n) is 7.54. The SMILES string of the molecule is Cc1noc(C)c1CCn1cc(-c2ccc3[nH]nc(NC(=O)CN(C)C)c3c2)nn1. The lowest BCUT2D eigenvalue weighted by Gasteiger charge is -2.08. The largest absolute Gasteiger partial charge is 0.361 e. The van der Waals surface area contributed by atoms with Crippen LogP contribution in [0.15, 0.2) is 28.9 Å². The van der Waals surface area contributed by atoms with Crippen LogP contribution in [0, 0.1) is 13.8 Å². The molecule has 3 heterocycles. The van der Waals surface area contributed by atoms with Crippen molar-refractivity contribution in [3.8, 4) is 11.3 Å². The summed E-state index contributed by atoms with van der Waals surface area (Å²) in [4.78, 5) is 13.9. The predicted molar refractivity (Wildman–Crippen MR) is 112 cm³/mol. The standard InChI is InChI=1S/C20H24N8O2/c1-12-15(13(2)30-25-12)7-8-28-10-18(23-26-28)14-5-6-17-16(9-14)20(24-22-17)21-19(29)11-27(3)4/h5-6,9-10H,7-8,11H2,1-4H3,(H2,21,22,24,29). The molecule has 0 fully saturated rings. The van der Waals surface area contributed by atoms with Crippen LogP contribution >= 0.6 is 0 Å². The van der Waals surface area contributed by atoms with Crippen molar-refractivity contribution in [2.45, 2.75) is 26.8 Å². The Hall–Kier alpha value is -3.53. The maximum absolute atomic E-state index is 12.1. The fraction of sp³-hybridized carbons (Fsp3) is 0.350. The van der Waals surface area contributed by atoms with E-state index in [-0.39, 0.29) is 12.5 Å². The van der Waals surface area contributed by atoms with Gasteiger partial charge >= 0.3 is 0 Å². The molecule has 0 radical (unpaired) electrons. The van der Waals surface area contributed by atoms with Crippen molar-refractivity contribution in [2.75, 3.05) is 26.0 Å². The van der Waals surface area contributed by atoms with Crippen LogP contribution in [0.5, 0.6) is 0 Å². The Morgan fingerprint density at radius 2 is 2.13 bits per heavy atom. The Balaban J connectivity index is 1.52. The minimum absolute atomic E-state index is 0.121. The van der Waals surface area contributed by atoms with Crippen LogP contribution in [0.2, 0.25) is 0 Å². The number of nitrogens with zero attached hydrogens (tertiary/aromatic N) is 6. The van der Waals surface area contributed by atoms with Gasteiger partial charge in [0.15, 0.2) is 5.82 Å². The highest BCUT2D eigenvalue weighted by atomic mass is 16.5. The molecule has 1 amide bonds. The van der Waals surface area contributed by atoms with E-state index >= 15 is 0 Å². The quantitative estimate of drug-likeness (QED) is 0.481. The number of hydrogen-bond acceptors (Lipinski definition) is 7. The number of benzene rings is 1. The first-order valence-corrected chi connectivity index (χ1v) is 9.65. The van der Waals surface area contributed by atoms with Gasteiger partial charge in [-0.2, -0.15) is 5.10 Å². The first-order valence-electron chi connectivity index (χ1n) is 9.65. The number of hydrogen-bond donors (Lipinski definition) is 2. The Morgan fingerprint density at radius 3 is 2.87 bits per heavy atom. The second kappa shape index (κ2) is 8.07. The summed E-state index contributed by atoms with van der Waals surface area (Å²) in [5.41, 5.74) is 4.50. The summed E-state index contributed by atoms with van der Waals surface area (Å²) in [6.45, 7) is 4.81. The van der Waals surface area contributed by atoms with Gasteiger partial charge in [-0.1, -0.05) is 16.4 Å². The minimum atomic E-state index is -0.121. The molecule has 3 aromatic heterocycles. The summed E-state index contributed by atoms with van der Waals surface area (Å²) in [5.74, 6) is 1.22. The first kappa shape index (κ1) is 19.8. The molecule has 2 N–H and O–H groups in total. The van der Waals surface area contributed by atoms with Crippen molar-refractivity contribution in [1.29, 1.82) is 0 Å². The van der Waals surface area contributed by atoms with Crippen molar-refractivity contribution in [2.24, 2.45) is 0 Å². The van der Waals surface area contributed by atoms with Crippen molar-refractivity contribution in [1.82, 2.24) is 35.2 Å². The molecule has 0 aliphatic heterocycles. The second-order valence-corrected chi connectivity index (χ2v) is 7.54. The number of carbonyl (C=O) groups excluding carboxylic acids is 1. The molecule has 0 unspecified atom stereocenters. The van der Waals surface area contributed by atoms with Gasteiger partial charge in [-0.3, -0.25) is 14.6 Å². The van der Waals surface area contributed by atoms with Crippen LogP contribution in [0.3, 0.4) is 0 Å². The molecule has 10 nitrogen and oxygen atoms in total. The number of aromatic nitrogens is 6. The predicted octanol–water partition coefficient (Wildman–Crippen LogP) is 2.17. The van der Waals surface area contributed by atoms with E-state index in [4.69, 9.17) is 4.52 Å². The average Bonchev–Trinajstić information content (AvgIpc) is 3.40. The molecule has 0 aliphatic rings. The number of aromatic amines is 1. The Labute approximate surface area is 173 Å². The van der Waals surface area contributed by atoms with Crippen LogP contribution in [0.1, 0.15) is 17.0 Å². The highest BCUT2D eigenvalue weighted by Crippen LogP contribution is 2.26. The number of H-pyrrole nitrogens is 1. The maximum atomic E-state index is 12.1. The summed E-state index contributed by atoms with van der Waals surface area (Å²) in [7, 11) is 3.69. The van der Waals surface area contributed by atoms with Gasteiger partial charge in [0.1, 0.15) is 11.5 Å². The van der Waals surface area contributed by atoms with Crippen molar-refractivity contribution >= 4 is 22.6 Å². The van der Waals surface area contributed by atoms with E-state index in [1.54, 1.807) is 9.58 Å². The number of anilines is 1. The fourth-order valence-electron chi connectivity index (χ4n) is 3.35. The Bertz CT molecular complexity index is 1170. The van der Waals surface area contributed by atoms with Gasteiger partial charge in [-0.25, -0.2) is 0 Å². The third-order valence-electron chi connectivity index (χ3n) is 4.89. The summed E-state index contributed by atoms with van der Waals surface area (Å²) in [6.07, 6.45) is 2.68. The van der Waals surface area contributed by atoms with E-state index in [2.05, 4.69) is 31.0 Å². The van der Waals surface area contributed by atoms with E-state index < -0.39 is 0 Å². The van der Waals surface area contributed by atoms with Crippen LogP contribution < -0.4 is 5.32 Å². The molecule has 4 aromatic rings. The van der Waals surface area contributed by atoms with Gasteiger partial charge in [0.25, 0.3) is 0 Å². The number of likely N-dealkylation sites (N-methyl/N-ethyl adjacent to an activating group) is 1. The molecule has 10 heteroatoms. The minimum Gasteiger partial charge on any atom is -0.361 e. The molecule has 1 aromatic carbocycles. The molecular weight excluding hydrogens is 384 g/mol. The number of carbonyl (C=O) groups is 1. The van der Waals surface area contributed by atoms with Gasteiger partial charge in [0, 0.05) is 23.1 Å². The third-order valence-corrected chi connectivity index (χ3v) is 4.89. The maximum Gasteiger partial charge on any atom is 0.239 e. The number of aryl methyl sites for hydroxylation is 3. The Kier molecular flexibility index (Phi) is 5.32. The zero-order chi connectivity index (χ0) is 21.3. The molecule has 4 rings (SSSR count). The van der Waals surface area contributed by atoms with Crippen molar-refractivity contribution in [3.63, 3.8) is 0 Å². The molecule has 0 atom stereocenters. The Morgan fingerprint density at radius 1 is 1.30 bits per heavy atom. The fourth-order valence-corrected chi connectivity index (χ4v) is 3.35. The zero-order valence-corrected chi connectivity index (χ0v) is 17.4. The van der Waals surface area contributed by atoms with Crippen LogP contribution in [0.25, 0.3) is 22.2 Å². The summed E-state index contributed by atoms with van der Waals surface area (Å²) >= 11 is 0. The summed E-state index contributed by atoms with van der Waals surface area (Å²) in [5, 5.41) is 23.4. The highest BCUT2D eigenvalue weighted by molar-refractivity contribution is 6.01. The average molecular weight is 408 g/mol. The molecule has 0 saturated heterocycles. The smallest absolute Gasteiger partial charge is 0.239 e. The topological polar surface area (TPSA) is 118 Å². The first-order chi connectivity index (χ1) is 14.4. The van der Waals surface area contributed by atoms with Gasteiger partial charge in [0.2, 0.25) is 5.91 Å². The monoisotopic (exact) mass is 408 g/mol. The summed E-state index contributed by atoms with van der Waals surface area (Å²) < 4.78 is 7.02. The van der Waals surface area contributed by atoms with Gasteiger partial charge in [0.05, 0.1) is 24.0 Å². The van der Waals surface area contributed by atoms with Gasteiger partial charge < -0.3 is 14.7 Å². The highest BCUT2D eigenvalue weighted by Gasteiger charge is 2.13. The van der Waals surface area contributed by atoms with E-state index in [1.807, 2.05) is 52.3 Å². The molecule has 0 saturated carbocycles. The van der Waals surface area contributed by atoms with Crippen LogP contribution in [-0.2, 0) is 17.8 Å². The van der Waals surface area contributed by atoms with Gasteiger partial charge in [-0.15, -0.1) is 5.10 Å². The number of fused-ring (bicyclic) bond motifs is 1. The molecule has 0 bridgehead atoms. The normalized spacial score (nSPS) is 11.5. The number of nitrogens with one attached hydrogen (secondary N) is 2. The van der Waals surface area contributed by atoms with E-state index in [9.17, 15) is 4.79 Å². The third kappa shape index (κ3) is 4.08. The van der Waals surface area contributed by atoms with Crippen LogP contribution in [-0.4, -0.2) is 61.8 Å². The van der Waals surface area contributed by atoms with Crippen LogP contribution in [0.4, 0.5) is 5.82 Å². The van der Waals surface area contributed by atoms with E-state index in [0.717, 1.165) is 45.6 Å². The van der Waals surface area contributed by atoms with E-state index in [0.29, 0.717) is 12.4 Å². The molecule has 156 valence electrons. The number of rotatable bonds is 7. The molecular formula is C20H24N8O2. The number of amides is 1. The van der Waals surface area contributed by atoms with Crippen molar-refractivity contribution < 1.29 is 9.32 Å². The molecule has 0 spiro atoms.